The highest BCUT2D eigenvalue weighted by Crippen LogP contribution is 2.31. The van der Waals surface area contributed by atoms with Gasteiger partial charge in [-0.1, -0.05) is 66.2 Å². The second kappa shape index (κ2) is 7.29. The Morgan fingerprint density at radius 1 is 0.926 bits per heavy atom. The number of fused-ring (bicyclic) bond motifs is 1. The second-order valence-corrected chi connectivity index (χ2v) is 7.63. The Hall–Kier alpha value is -3.04. The molecule has 0 saturated heterocycles. The van der Waals surface area contributed by atoms with Gasteiger partial charge in [0.2, 0.25) is 0 Å². The summed E-state index contributed by atoms with van der Waals surface area (Å²) in [6.07, 6.45) is 1.98. The molecular formula is C24H19NOS. The lowest BCUT2D eigenvalue weighted by Crippen LogP contribution is -2.03. The van der Waals surface area contributed by atoms with Gasteiger partial charge >= 0.3 is 0 Å². The molecule has 0 aliphatic carbocycles. The summed E-state index contributed by atoms with van der Waals surface area (Å²) >= 11 is 1.56. The fraction of sp³-hybridized carbons (Fsp3) is 0.0833. The lowest BCUT2D eigenvalue weighted by molar-refractivity contribution is 0.105. The Bertz CT molecular complexity index is 1120. The Balaban J connectivity index is 1.90. The molecule has 0 spiro atoms. The average molecular weight is 369 g/mol. The number of carbonyl (C=O) groups excluding carboxylic acids is 1. The summed E-state index contributed by atoms with van der Waals surface area (Å²) in [5.74, 6) is -0.00411. The van der Waals surface area contributed by atoms with E-state index in [1.54, 1.807) is 11.3 Å². The van der Waals surface area contributed by atoms with Crippen LogP contribution in [-0.4, -0.2) is 10.8 Å². The highest BCUT2D eigenvalue weighted by molar-refractivity contribution is 7.20. The van der Waals surface area contributed by atoms with Gasteiger partial charge in [0.05, 0.1) is 15.8 Å². The highest BCUT2D eigenvalue weighted by atomic mass is 32.1. The number of aromatic nitrogens is 1. The van der Waals surface area contributed by atoms with Gasteiger partial charge in [-0.05, 0) is 43.2 Å². The number of carbonyl (C=O) groups is 1. The quantitative estimate of drug-likeness (QED) is 0.310. The number of benzene rings is 3. The third-order valence-electron chi connectivity index (χ3n) is 4.54. The normalized spacial score (nSPS) is 11.7. The summed E-state index contributed by atoms with van der Waals surface area (Å²) in [7, 11) is 0. The molecule has 0 radical (unpaired) electrons. The van der Waals surface area contributed by atoms with Crippen molar-refractivity contribution < 1.29 is 4.79 Å². The van der Waals surface area contributed by atoms with Crippen LogP contribution in [-0.2, 0) is 0 Å². The maximum absolute atomic E-state index is 13.3. The molecule has 4 rings (SSSR count). The molecule has 0 fully saturated rings. The van der Waals surface area contributed by atoms with Crippen molar-refractivity contribution in [2.24, 2.45) is 0 Å². The lowest BCUT2D eigenvalue weighted by Gasteiger charge is -2.07. The second-order valence-electron chi connectivity index (χ2n) is 6.60. The Kier molecular flexibility index (Phi) is 4.69. The summed E-state index contributed by atoms with van der Waals surface area (Å²) < 4.78 is 1.08. The summed E-state index contributed by atoms with van der Waals surface area (Å²) in [6, 6.07) is 23.7. The van der Waals surface area contributed by atoms with Gasteiger partial charge in [0.1, 0.15) is 5.01 Å². The first-order chi connectivity index (χ1) is 13.1. The van der Waals surface area contributed by atoms with E-state index >= 15 is 0 Å². The third-order valence-corrected chi connectivity index (χ3v) is 5.61. The number of aryl methyl sites for hydroxylation is 2. The number of hydrogen-bond acceptors (Lipinski definition) is 3. The summed E-state index contributed by atoms with van der Waals surface area (Å²) in [4.78, 5) is 18.1. The minimum atomic E-state index is -0.00411. The number of thiazole rings is 1. The van der Waals surface area contributed by atoms with E-state index in [4.69, 9.17) is 4.98 Å². The topological polar surface area (TPSA) is 30.0 Å². The molecule has 2 nitrogen and oxygen atoms in total. The van der Waals surface area contributed by atoms with E-state index in [9.17, 15) is 4.79 Å². The number of ketones is 1. The fourth-order valence-electron chi connectivity index (χ4n) is 3.03. The molecule has 0 amide bonds. The Labute approximate surface area is 162 Å². The van der Waals surface area contributed by atoms with Crippen LogP contribution in [0.2, 0.25) is 0 Å². The van der Waals surface area contributed by atoms with Crippen LogP contribution in [0.5, 0.6) is 0 Å². The molecule has 0 N–H and O–H groups in total. The molecule has 4 aromatic rings. The van der Waals surface area contributed by atoms with Gasteiger partial charge in [-0.25, -0.2) is 4.98 Å². The van der Waals surface area contributed by atoms with Crippen molar-refractivity contribution in [2.45, 2.75) is 13.8 Å². The standard InChI is InChI=1S/C24H19NOS/c1-16-12-13-17(2)19(14-16)15-20(23(26)18-8-4-3-5-9-18)24-25-21-10-6-7-11-22(21)27-24/h3-15H,1-2H3. The molecule has 0 aliphatic rings. The van der Waals surface area contributed by atoms with Gasteiger partial charge in [0, 0.05) is 5.56 Å². The predicted octanol–water partition coefficient (Wildman–Crippen LogP) is 6.34. The molecule has 0 unspecified atom stereocenters. The van der Waals surface area contributed by atoms with E-state index in [1.165, 1.54) is 5.56 Å². The predicted molar refractivity (Wildman–Crippen MR) is 114 cm³/mol. The maximum atomic E-state index is 13.3. The fourth-order valence-corrected chi connectivity index (χ4v) is 4.01. The van der Waals surface area contributed by atoms with Crippen LogP contribution in [0.4, 0.5) is 0 Å². The molecule has 132 valence electrons. The number of nitrogens with zero attached hydrogens (tertiary/aromatic N) is 1. The van der Waals surface area contributed by atoms with E-state index in [1.807, 2.05) is 60.7 Å². The molecule has 3 aromatic carbocycles. The van der Waals surface area contributed by atoms with Gasteiger partial charge in [-0.2, -0.15) is 0 Å². The Morgan fingerprint density at radius 2 is 1.67 bits per heavy atom. The molecule has 0 saturated carbocycles. The largest absolute Gasteiger partial charge is 0.288 e. The molecule has 3 heteroatoms. The lowest BCUT2D eigenvalue weighted by atomic mass is 9.98. The maximum Gasteiger partial charge on any atom is 0.196 e. The number of Topliss-reactive ketones (excluding diaryl/α,β-unsaturated/α-hetero) is 1. The molecular weight excluding hydrogens is 350 g/mol. The van der Waals surface area contributed by atoms with Crippen LogP contribution in [0, 0.1) is 13.8 Å². The number of allylic oxidation sites excluding steroid dienone is 1. The van der Waals surface area contributed by atoms with Crippen LogP contribution in [0.15, 0.2) is 72.8 Å². The zero-order valence-electron chi connectivity index (χ0n) is 15.3. The summed E-state index contributed by atoms with van der Waals surface area (Å²) in [6.45, 7) is 4.13. The van der Waals surface area contributed by atoms with Crippen molar-refractivity contribution in [3.63, 3.8) is 0 Å². The van der Waals surface area contributed by atoms with E-state index in [-0.39, 0.29) is 5.78 Å². The van der Waals surface area contributed by atoms with Gasteiger partial charge < -0.3 is 0 Å². The minimum Gasteiger partial charge on any atom is -0.288 e. The van der Waals surface area contributed by atoms with Crippen molar-refractivity contribution in [1.82, 2.24) is 4.98 Å². The first-order valence-electron chi connectivity index (χ1n) is 8.86. The van der Waals surface area contributed by atoms with Crippen molar-refractivity contribution in [3.8, 4) is 0 Å². The van der Waals surface area contributed by atoms with Gasteiger partial charge in [0.25, 0.3) is 0 Å². The minimum absolute atomic E-state index is 0.00411. The first kappa shape index (κ1) is 17.4. The molecule has 0 atom stereocenters. The molecule has 0 bridgehead atoms. The van der Waals surface area contributed by atoms with Crippen LogP contribution in [0.25, 0.3) is 21.9 Å². The SMILES string of the molecule is Cc1ccc(C)c(C=C(C(=O)c2ccccc2)c2nc3ccccc3s2)c1. The number of para-hydroxylation sites is 1. The highest BCUT2D eigenvalue weighted by Gasteiger charge is 2.18. The zero-order chi connectivity index (χ0) is 18.8. The summed E-state index contributed by atoms with van der Waals surface area (Å²) in [5, 5.41) is 0.756. The number of rotatable bonds is 4. The van der Waals surface area contributed by atoms with Gasteiger partial charge in [0.15, 0.2) is 5.78 Å². The van der Waals surface area contributed by atoms with Gasteiger partial charge in [-0.3, -0.25) is 4.79 Å². The average Bonchev–Trinajstić information content (AvgIpc) is 3.12. The van der Waals surface area contributed by atoms with Crippen LogP contribution in [0.1, 0.15) is 32.1 Å². The van der Waals surface area contributed by atoms with Crippen molar-refractivity contribution in [3.05, 3.63) is 100 Å². The van der Waals surface area contributed by atoms with Crippen LogP contribution >= 0.6 is 11.3 Å². The van der Waals surface area contributed by atoms with E-state index in [0.29, 0.717) is 11.1 Å². The first-order valence-corrected chi connectivity index (χ1v) is 9.68. The molecule has 27 heavy (non-hydrogen) atoms. The zero-order valence-corrected chi connectivity index (χ0v) is 16.1. The molecule has 0 aliphatic heterocycles. The molecule has 1 aromatic heterocycles. The Morgan fingerprint density at radius 3 is 2.44 bits per heavy atom. The monoisotopic (exact) mass is 369 g/mol. The van der Waals surface area contributed by atoms with Crippen molar-refractivity contribution >= 4 is 39.0 Å². The smallest absolute Gasteiger partial charge is 0.196 e. The van der Waals surface area contributed by atoms with Crippen LogP contribution in [0.3, 0.4) is 0 Å². The van der Waals surface area contributed by atoms with E-state index in [0.717, 1.165) is 26.4 Å². The van der Waals surface area contributed by atoms with Gasteiger partial charge in [-0.15, -0.1) is 11.3 Å². The molecule has 1 heterocycles. The van der Waals surface area contributed by atoms with E-state index in [2.05, 4.69) is 32.0 Å². The number of hydrogen-bond donors (Lipinski definition) is 0. The van der Waals surface area contributed by atoms with E-state index < -0.39 is 0 Å². The third kappa shape index (κ3) is 3.60. The van der Waals surface area contributed by atoms with Crippen LogP contribution < -0.4 is 0 Å². The van der Waals surface area contributed by atoms with Crippen molar-refractivity contribution in [1.29, 1.82) is 0 Å². The van der Waals surface area contributed by atoms with Crippen molar-refractivity contribution in [2.75, 3.05) is 0 Å². The summed E-state index contributed by atoms with van der Waals surface area (Å²) in [5.41, 5.74) is 5.59.